The summed E-state index contributed by atoms with van der Waals surface area (Å²) in [6.45, 7) is 0.595. The van der Waals surface area contributed by atoms with E-state index in [1.807, 2.05) is 11.8 Å². The molecular formula is C14H20N2O2S. The van der Waals surface area contributed by atoms with E-state index in [0.717, 1.165) is 36.7 Å². The first-order valence-corrected chi connectivity index (χ1v) is 8.23. The molecule has 2 aliphatic heterocycles. The molecular weight excluding hydrogens is 260 g/mol. The molecule has 1 aromatic heterocycles. The average molecular weight is 280 g/mol. The Morgan fingerprint density at radius 3 is 2.95 bits per heavy atom. The lowest BCUT2D eigenvalue weighted by Crippen LogP contribution is -2.26. The van der Waals surface area contributed by atoms with Crippen molar-refractivity contribution >= 4 is 17.7 Å². The molecule has 104 valence electrons. The topological polar surface area (TPSA) is 55.1 Å². The van der Waals surface area contributed by atoms with Gasteiger partial charge in [-0.1, -0.05) is 0 Å². The highest BCUT2D eigenvalue weighted by molar-refractivity contribution is 7.99. The van der Waals surface area contributed by atoms with Crippen LogP contribution in [0.1, 0.15) is 30.8 Å². The van der Waals surface area contributed by atoms with E-state index in [1.165, 1.54) is 24.3 Å². The van der Waals surface area contributed by atoms with Crippen LogP contribution in [0.5, 0.6) is 0 Å². The Morgan fingerprint density at radius 1 is 1.42 bits per heavy atom. The fourth-order valence-corrected chi connectivity index (χ4v) is 4.25. The largest absolute Gasteiger partial charge is 0.481 e. The molecule has 0 saturated carbocycles. The molecule has 3 heterocycles. The summed E-state index contributed by atoms with van der Waals surface area (Å²) in [6, 6.07) is 0. The van der Waals surface area contributed by atoms with Crippen LogP contribution in [0.25, 0.3) is 0 Å². The lowest BCUT2D eigenvalue weighted by molar-refractivity contribution is -0.142. The highest BCUT2D eigenvalue weighted by Gasteiger charge is 2.26. The number of carbonyl (C=O) groups is 1. The molecule has 0 radical (unpaired) electrons. The number of hydrogen-bond acceptors (Lipinski definition) is 3. The smallest absolute Gasteiger partial charge is 0.308 e. The molecule has 5 heteroatoms. The monoisotopic (exact) mass is 280 g/mol. The maximum Gasteiger partial charge on any atom is 0.308 e. The number of rotatable bonds is 3. The van der Waals surface area contributed by atoms with Gasteiger partial charge < -0.3 is 9.67 Å². The molecule has 1 fully saturated rings. The van der Waals surface area contributed by atoms with Gasteiger partial charge in [-0.15, -0.1) is 0 Å². The van der Waals surface area contributed by atoms with Gasteiger partial charge >= 0.3 is 5.97 Å². The maximum atomic E-state index is 11.1. The second-order valence-electron chi connectivity index (χ2n) is 5.63. The molecule has 1 unspecified atom stereocenters. The standard InChI is InChI=1S/C14H20N2O2S/c17-14(18)11-1-2-13-15-12(9-16(13)8-11)7-10-3-5-19-6-4-10/h9-11H,1-8H2,(H,17,18). The molecule has 4 nitrogen and oxygen atoms in total. The second-order valence-corrected chi connectivity index (χ2v) is 6.86. The third kappa shape index (κ3) is 2.96. The van der Waals surface area contributed by atoms with Gasteiger partial charge in [-0.2, -0.15) is 11.8 Å². The summed E-state index contributed by atoms with van der Waals surface area (Å²) in [4.78, 5) is 15.8. The summed E-state index contributed by atoms with van der Waals surface area (Å²) in [6.07, 6.45) is 7.28. The molecule has 0 bridgehead atoms. The number of hydrogen-bond donors (Lipinski definition) is 1. The number of fused-ring (bicyclic) bond motifs is 1. The zero-order chi connectivity index (χ0) is 13.2. The van der Waals surface area contributed by atoms with E-state index in [2.05, 4.69) is 10.8 Å². The van der Waals surface area contributed by atoms with Crippen LogP contribution in [-0.4, -0.2) is 32.1 Å². The Balaban J connectivity index is 1.67. The highest BCUT2D eigenvalue weighted by atomic mass is 32.2. The number of aromatic nitrogens is 2. The van der Waals surface area contributed by atoms with Crippen molar-refractivity contribution < 1.29 is 9.90 Å². The number of imidazole rings is 1. The van der Waals surface area contributed by atoms with Gasteiger partial charge in [-0.3, -0.25) is 4.79 Å². The van der Waals surface area contributed by atoms with Crippen molar-refractivity contribution in [2.24, 2.45) is 11.8 Å². The molecule has 1 atom stereocenters. The number of carboxylic acid groups (broad SMARTS) is 1. The van der Waals surface area contributed by atoms with Crippen LogP contribution in [0.3, 0.4) is 0 Å². The van der Waals surface area contributed by atoms with Gasteiger partial charge in [0.2, 0.25) is 0 Å². The SMILES string of the molecule is O=C(O)C1CCc2nc(CC3CCSCC3)cn2C1. The third-order valence-corrected chi connectivity index (χ3v) is 5.28. The van der Waals surface area contributed by atoms with E-state index < -0.39 is 5.97 Å². The second kappa shape index (κ2) is 5.57. The summed E-state index contributed by atoms with van der Waals surface area (Å²) in [5.74, 6) is 3.50. The minimum atomic E-state index is -0.676. The number of carboxylic acids is 1. The van der Waals surface area contributed by atoms with Crippen molar-refractivity contribution in [2.45, 2.75) is 38.6 Å². The van der Waals surface area contributed by atoms with Gasteiger partial charge in [0.25, 0.3) is 0 Å². The minimum absolute atomic E-state index is 0.236. The van der Waals surface area contributed by atoms with Crippen molar-refractivity contribution in [1.82, 2.24) is 9.55 Å². The minimum Gasteiger partial charge on any atom is -0.481 e. The van der Waals surface area contributed by atoms with E-state index in [4.69, 9.17) is 10.1 Å². The first-order valence-electron chi connectivity index (χ1n) is 7.08. The molecule has 0 aliphatic carbocycles. The Hall–Kier alpha value is -0.970. The third-order valence-electron chi connectivity index (χ3n) is 4.23. The lowest BCUT2D eigenvalue weighted by atomic mass is 9.97. The Labute approximate surface area is 117 Å². The van der Waals surface area contributed by atoms with E-state index in [1.54, 1.807) is 0 Å². The van der Waals surface area contributed by atoms with Gasteiger partial charge in [-0.25, -0.2) is 4.98 Å². The fraction of sp³-hybridized carbons (Fsp3) is 0.714. The molecule has 1 aromatic rings. The summed E-state index contributed by atoms with van der Waals surface area (Å²) < 4.78 is 2.06. The Morgan fingerprint density at radius 2 is 2.21 bits per heavy atom. The van der Waals surface area contributed by atoms with Gasteiger partial charge in [0.15, 0.2) is 0 Å². The zero-order valence-electron chi connectivity index (χ0n) is 11.0. The summed E-state index contributed by atoms with van der Waals surface area (Å²) in [7, 11) is 0. The molecule has 19 heavy (non-hydrogen) atoms. The van der Waals surface area contributed by atoms with E-state index in [0.29, 0.717) is 6.54 Å². The van der Waals surface area contributed by atoms with Gasteiger partial charge in [0.05, 0.1) is 11.6 Å². The summed E-state index contributed by atoms with van der Waals surface area (Å²) in [5.41, 5.74) is 1.16. The molecule has 0 aromatic carbocycles. The van der Waals surface area contributed by atoms with E-state index >= 15 is 0 Å². The van der Waals surface area contributed by atoms with Crippen LogP contribution in [0.15, 0.2) is 6.20 Å². The normalized spacial score (nSPS) is 24.1. The van der Waals surface area contributed by atoms with Crippen LogP contribution in [-0.2, 0) is 24.2 Å². The molecule has 3 rings (SSSR count). The number of nitrogens with zero attached hydrogens (tertiary/aromatic N) is 2. The van der Waals surface area contributed by atoms with Gasteiger partial charge in [-0.05, 0) is 43.1 Å². The summed E-state index contributed by atoms with van der Waals surface area (Å²) in [5, 5.41) is 9.10. The first-order chi connectivity index (χ1) is 9.22. The quantitative estimate of drug-likeness (QED) is 0.922. The van der Waals surface area contributed by atoms with Crippen molar-refractivity contribution in [3.8, 4) is 0 Å². The molecule has 1 N–H and O–H groups in total. The Kier molecular flexibility index (Phi) is 3.82. The summed E-state index contributed by atoms with van der Waals surface area (Å²) >= 11 is 2.05. The number of thioether (sulfide) groups is 1. The Bertz CT molecular complexity index is 466. The fourth-order valence-electron chi connectivity index (χ4n) is 3.05. The highest BCUT2D eigenvalue weighted by Crippen LogP contribution is 2.27. The van der Waals surface area contributed by atoms with Crippen LogP contribution in [0.2, 0.25) is 0 Å². The first kappa shape index (κ1) is 13.0. The van der Waals surface area contributed by atoms with E-state index in [9.17, 15) is 4.79 Å². The molecule has 1 saturated heterocycles. The van der Waals surface area contributed by atoms with Crippen molar-refractivity contribution in [3.63, 3.8) is 0 Å². The molecule has 2 aliphatic rings. The predicted molar refractivity (Wildman–Crippen MR) is 75.4 cm³/mol. The van der Waals surface area contributed by atoms with Crippen molar-refractivity contribution in [3.05, 3.63) is 17.7 Å². The van der Waals surface area contributed by atoms with Crippen molar-refractivity contribution in [2.75, 3.05) is 11.5 Å². The zero-order valence-corrected chi connectivity index (χ0v) is 11.9. The molecule has 0 amide bonds. The maximum absolute atomic E-state index is 11.1. The number of aryl methyl sites for hydroxylation is 1. The predicted octanol–water partition coefficient (Wildman–Crippen LogP) is 2.22. The van der Waals surface area contributed by atoms with Crippen LogP contribution in [0.4, 0.5) is 0 Å². The van der Waals surface area contributed by atoms with Gasteiger partial charge in [0, 0.05) is 19.2 Å². The average Bonchev–Trinajstić information content (AvgIpc) is 2.80. The van der Waals surface area contributed by atoms with Gasteiger partial charge in [0.1, 0.15) is 5.82 Å². The van der Waals surface area contributed by atoms with Crippen LogP contribution >= 0.6 is 11.8 Å². The van der Waals surface area contributed by atoms with Crippen LogP contribution in [0, 0.1) is 11.8 Å². The van der Waals surface area contributed by atoms with E-state index in [-0.39, 0.29) is 5.92 Å². The lowest BCUT2D eigenvalue weighted by Gasteiger charge is -2.20. The molecule has 0 spiro atoms. The number of aliphatic carboxylic acids is 1. The van der Waals surface area contributed by atoms with Crippen LogP contribution < -0.4 is 0 Å². The van der Waals surface area contributed by atoms with Crippen molar-refractivity contribution in [1.29, 1.82) is 0 Å².